The van der Waals surface area contributed by atoms with Crippen molar-refractivity contribution in [2.75, 3.05) is 27.8 Å². The summed E-state index contributed by atoms with van der Waals surface area (Å²) in [6.45, 7) is 19.9. The number of aliphatic carboxylic acids is 1. The Morgan fingerprint density at radius 1 is 0.945 bits per heavy atom. The summed E-state index contributed by atoms with van der Waals surface area (Å²) in [6.07, 6.45) is 2.35. The summed E-state index contributed by atoms with van der Waals surface area (Å²) in [5, 5.41) is 18.6. The van der Waals surface area contributed by atoms with Crippen LogP contribution in [0.4, 0.5) is 0 Å². The molecule has 308 valence electrons. The highest BCUT2D eigenvalue weighted by Gasteiger charge is 2.42. The number of methoxy groups -OCH3 is 2. The van der Waals surface area contributed by atoms with Crippen molar-refractivity contribution in [3.63, 3.8) is 0 Å². The third-order valence-corrected chi connectivity index (χ3v) is 11.0. The van der Waals surface area contributed by atoms with Crippen LogP contribution in [0.25, 0.3) is 0 Å². The number of amides is 3. The van der Waals surface area contributed by atoms with Crippen molar-refractivity contribution >= 4 is 29.5 Å². The molecule has 0 aromatic heterocycles. The van der Waals surface area contributed by atoms with Crippen molar-refractivity contribution in [3.05, 3.63) is 59.7 Å². The summed E-state index contributed by atoms with van der Waals surface area (Å²) in [5.41, 5.74) is 2.43. The normalized spacial score (nSPS) is 19.3. The molecule has 2 rings (SSSR count). The minimum absolute atomic E-state index is 0.0491. The number of likely N-dealkylation sites (N-methyl/N-ethyl adjacent to an activating group) is 1. The lowest BCUT2D eigenvalue weighted by Crippen LogP contribution is -2.53. The van der Waals surface area contributed by atoms with Gasteiger partial charge in [-0.25, -0.2) is 4.79 Å². The molecule has 0 bridgehead atoms. The molecule has 1 fully saturated rings. The lowest BCUT2D eigenvalue weighted by molar-refractivity contribution is -0.145. The van der Waals surface area contributed by atoms with Gasteiger partial charge >= 0.3 is 5.97 Å². The molecule has 1 saturated heterocycles. The Morgan fingerprint density at radius 2 is 1.56 bits per heavy atom. The predicted octanol–water partition coefficient (Wildman–Crippen LogP) is 4.96. The number of nitrogens with one attached hydrogen (secondary N) is 3. The number of allylic oxidation sites excluding steroid dienone is 1. The van der Waals surface area contributed by atoms with E-state index in [2.05, 4.69) is 36.4 Å². The number of likely N-dealkylation sites (tertiary alicyclic amines) is 1. The van der Waals surface area contributed by atoms with Gasteiger partial charge in [-0.1, -0.05) is 109 Å². The molecule has 1 aromatic rings. The summed E-state index contributed by atoms with van der Waals surface area (Å²) in [6, 6.07) is 6.39. The molecule has 0 saturated carbocycles. The first kappa shape index (κ1) is 47.3. The van der Waals surface area contributed by atoms with E-state index in [-0.39, 0.29) is 60.5 Å². The summed E-state index contributed by atoms with van der Waals surface area (Å²) < 4.78 is 11.9. The van der Waals surface area contributed by atoms with Gasteiger partial charge in [0.05, 0.1) is 42.7 Å². The highest BCUT2D eigenvalue weighted by atomic mass is 16.5. The van der Waals surface area contributed by atoms with Crippen LogP contribution < -0.4 is 16.0 Å². The van der Waals surface area contributed by atoms with Gasteiger partial charge in [0.15, 0.2) is 5.78 Å². The summed E-state index contributed by atoms with van der Waals surface area (Å²) in [4.78, 5) is 68.1. The molecule has 55 heavy (non-hydrogen) atoms. The van der Waals surface area contributed by atoms with Crippen LogP contribution in [-0.4, -0.2) is 104 Å². The molecular weight excluding hydrogens is 700 g/mol. The molecule has 9 atom stereocenters. The smallest absolute Gasteiger partial charge is 0.326 e. The Balaban J connectivity index is 2.26. The number of rotatable bonds is 23. The number of hydrogen-bond acceptors (Lipinski definition) is 8. The second-order valence-corrected chi connectivity index (χ2v) is 16.0. The second-order valence-electron chi connectivity index (χ2n) is 16.0. The summed E-state index contributed by atoms with van der Waals surface area (Å²) in [7, 11) is 4.80. The fourth-order valence-corrected chi connectivity index (χ4v) is 7.57. The molecule has 3 amide bonds. The average Bonchev–Trinajstić information content (AvgIpc) is 3.52. The molecule has 1 heterocycles. The quantitative estimate of drug-likeness (QED) is 0.113. The average molecular weight is 769 g/mol. The number of carbonyl (C=O) groups is 5. The number of ether oxygens (including phenoxy) is 2. The number of hydrogen-bond donors (Lipinski definition) is 4. The zero-order chi connectivity index (χ0) is 41.6. The fourth-order valence-electron chi connectivity index (χ4n) is 7.57. The molecule has 12 nitrogen and oxygen atoms in total. The monoisotopic (exact) mass is 769 g/mol. The highest BCUT2D eigenvalue weighted by Crippen LogP contribution is 2.32. The molecule has 3 unspecified atom stereocenters. The van der Waals surface area contributed by atoms with E-state index in [9.17, 15) is 29.1 Å². The van der Waals surface area contributed by atoms with Gasteiger partial charge in [-0.15, -0.1) is 0 Å². The maximum absolute atomic E-state index is 14.2. The lowest BCUT2D eigenvalue weighted by atomic mass is 9.83. The van der Waals surface area contributed by atoms with Crippen LogP contribution >= 0.6 is 0 Å². The minimum atomic E-state index is -1.14. The molecule has 0 spiro atoms. The standard InChI is InChI=1S/C43H68N4O8/c1-13-29(8)32(19-27(6)21-35(48)38(25(2)3)46-42(51)39(44-10)26(4)5)36(54-11)23-37(49)47-24-28(7)20-34(47)40(55-12)30(9)41(50)45-33(43(52)53)22-31-17-15-14-16-18-31/h14-19,25-26,29-30,32-34,36,38-40,44H,7,13,20-24H2,1-6,8-12H3,(H,45,50)(H,46,51)(H,52,53)/b27-19+/t29-,30+,32-,33?,34-,36?,38-,39-,40?/m0/s1. The van der Waals surface area contributed by atoms with Crippen molar-refractivity contribution in [1.29, 1.82) is 0 Å². The zero-order valence-corrected chi connectivity index (χ0v) is 35.0. The Kier molecular flexibility index (Phi) is 19.5. The van der Waals surface area contributed by atoms with E-state index < -0.39 is 54.2 Å². The highest BCUT2D eigenvalue weighted by molar-refractivity contribution is 5.92. The van der Waals surface area contributed by atoms with Gasteiger partial charge in [0.25, 0.3) is 0 Å². The first-order valence-corrected chi connectivity index (χ1v) is 19.7. The summed E-state index contributed by atoms with van der Waals surface area (Å²) >= 11 is 0. The molecular formula is C43H68N4O8. The van der Waals surface area contributed by atoms with Gasteiger partial charge < -0.3 is 35.4 Å². The van der Waals surface area contributed by atoms with E-state index in [0.717, 1.165) is 23.1 Å². The minimum Gasteiger partial charge on any atom is -0.480 e. The SMILES string of the molecule is C=C1C[C@@H](C(OC)[C@@H](C)C(=O)NC(Cc2ccccc2)C(=O)O)N(C(=O)CC(OC)[C@@H](/C=C(\C)CC(=O)[C@@H](NC(=O)[C@@H](NC)C(C)C)C(C)C)[C@@H](C)CC)C1. The van der Waals surface area contributed by atoms with Crippen molar-refractivity contribution in [2.24, 2.45) is 29.6 Å². The first-order valence-electron chi connectivity index (χ1n) is 19.7. The van der Waals surface area contributed by atoms with Crippen molar-refractivity contribution in [1.82, 2.24) is 20.9 Å². The third kappa shape index (κ3) is 13.7. The molecule has 0 aliphatic carbocycles. The molecule has 1 aromatic carbocycles. The topological polar surface area (TPSA) is 163 Å². The van der Waals surface area contributed by atoms with Crippen molar-refractivity contribution < 1.29 is 38.6 Å². The Labute approximate surface area is 329 Å². The van der Waals surface area contributed by atoms with Crippen molar-refractivity contribution in [2.45, 2.75) is 124 Å². The molecule has 0 radical (unpaired) electrons. The van der Waals surface area contributed by atoms with E-state index in [4.69, 9.17) is 9.47 Å². The summed E-state index contributed by atoms with van der Waals surface area (Å²) in [5.74, 6) is -3.01. The van der Waals surface area contributed by atoms with Crippen LogP contribution in [0.2, 0.25) is 0 Å². The number of nitrogens with zero attached hydrogens (tertiary/aromatic N) is 1. The van der Waals surface area contributed by atoms with E-state index in [1.54, 1.807) is 26.0 Å². The van der Waals surface area contributed by atoms with Crippen molar-refractivity contribution in [3.8, 4) is 0 Å². The number of carboxylic acid groups (broad SMARTS) is 1. The van der Waals surface area contributed by atoms with Gasteiger partial charge in [0.2, 0.25) is 17.7 Å². The Bertz CT molecular complexity index is 1480. The van der Waals surface area contributed by atoms with Crippen LogP contribution in [0, 0.1) is 29.6 Å². The second kappa shape index (κ2) is 22.6. The van der Waals surface area contributed by atoms with Crippen LogP contribution in [0.1, 0.15) is 86.6 Å². The third-order valence-electron chi connectivity index (χ3n) is 11.0. The van der Waals surface area contributed by atoms with Crippen LogP contribution in [0.15, 0.2) is 54.1 Å². The fraction of sp³-hybridized carbons (Fsp3) is 0.651. The van der Waals surface area contributed by atoms with Crippen LogP contribution in [0.5, 0.6) is 0 Å². The van der Waals surface area contributed by atoms with E-state index in [1.165, 1.54) is 7.11 Å². The maximum atomic E-state index is 14.2. The molecule has 1 aliphatic heterocycles. The van der Waals surface area contributed by atoms with E-state index in [1.807, 2.05) is 71.0 Å². The molecule has 4 N–H and O–H groups in total. The number of Topliss-reactive ketones (excluding diaryl/α,β-unsaturated/α-hetero) is 1. The van der Waals surface area contributed by atoms with Gasteiger partial charge in [0.1, 0.15) is 6.04 Å². The van der Waals surface area contributed by atoms with Crippen LogP contribution in [0.3, 0.4) is 0 Å². The number of benzene rings is 1. The predicted molar refractivity (Wildman–Crippen MR) is 215 cm³/mol. The van der Waals surface area contributed by atoms with Gasteiger partial charge in [-0.3, -0.25) is 19.2 Å². The zero-order valence-electron chi connectivity index (χ0n) is 35.0. The number of carboxylic acids is 1. The molecule has 12 heteroatoms. The lowest BCUT2D eigenvalue weighted by Gasteiger charge is -2.35. The van der Waals surface area contributed by atoms with Gasteiger partial charge in [0, 0.05) is 39.5 Å². The Hall–Kier alpha value is -3.87. The number of carbonyl (C=O) groups excluding carboxylic acids is 4. The van der Waals surface area contributed by atoms with Crippen LogP contribution in [-0.2, 0) is 39.9 Å². The van der Waals surface area contributed by atoms with E-state index in [0.29, 0.717) is 13.0 Å². The first-order chi connectivity index (χ1) is 25.9. The van der Waals surface area contributed by atoms with E-state index >= 15 is 0 Å². The maximum Gasteiger partial charge on any atom is 0.326 e. The van der Waals surface area contributed by atoms with Gasteiger partial charge in [-0.05, 0) is 43.7 Å². The number of ketones is 1. The Morgan fingerprint density at radius 3 is 2.07 bits per heavy atom. The largest absolute Gasteiger partial charge is 0.480 e. The van der Waals surface area contributed by atoms with Gasteiger partial charge in [-0.2, -0.15) is 0 Å². The molecule has 1 aliphatic rings.